The minimum Gasteiger partial charge on any atom is -0.379 e. The number of methoxy groups -OCH3 is 1. The molecular formula is C15H24FNO. The molecule has 3 heteroatoms. The molecule has 102 valence electrons. The lowest BCUT2D eigenvalue weighted by molar-refractivity contribution is 0.00782. The molecule has 0 aromatic heterocycles. The van der Waals surface area contributed by atoms with Crippen LogP contribution >= 0.6 is 0 Å². The summed E-state index contributed by atoms with van der Waals surface area (Å²) in [6.45, 7) is 8.38. The van der Waals surface area contributed by atoms with E-state index >= 15 is 0 Å². The number of hydrogen-bond donors (Lipinski definition) is 1. The third kappa shape index (κ3) is 4.75. The van der Waals surface area contributed by atoms with E-state index in [0.29, 0.717) is 6.04 Å². The topological polar surface area (TPSA) is 21.3 Å². The second kappa shape index (κ2) is 6.30. The summed E-state index contributed by atoms with van der Waals surface area (Å²) in [5.74, 6) is -0.195. The minimum absolute atomic E-state index is 0.130. The molecule has 1 aromatic rings. The number of benzene rings is 1. The van der Waals surface area contributed by atoms with Gasteiger partial charge in [0.25, 0.3) is 0 Å². The molecule has 0 spiro atoms. The summed E-state index contributed by atoms with van der Waals surface area (Å²) in [6, 6.07) is 7.17. The molecule has 0 aliphatic carbocycles. The van der Waals surface area contributed by atoms with Gasteiger partial charge in [0, 0.05) is 19.2 Å². The van der Waals surface area contributed by atoms with E-state index in [2.05, 4.69) is 33.0 Å². The van der Waals surface area contributed by atoms with Crippen LogP contribution in [0.25, 0.3) is 0 Å². The summed E-state index contributed by atoms with van der Waals surface area (Å²) in [5, 5.41) is 3.50. The number of hydrogen-bond acceptors (Lipinski definition) is 2. The molecule has 0 amide bonds. The highest BCUT2D eigenvalue weighted by atomic mass is 19.1. The summed E-state index contributed by atoms with van der Waals surface area (Å²) in [4.78, 5) is 0. The van der Waals surface area contributed by atoms with Crippen molar-refractivity contribution in [1.82, 2.24) is 5.32 Å². The number of nitrogens with one attached hydrogen (secondary N) is 1. The Morgan fingerprint density at radius 1 is 1.22 bits per heavy atom. The van der Waals surface area contributed by atoms with E-state index in [1.54, 1.807) is 7.11 Å². The van der Waals surface area contributed by atoms with Crippen molar-refractivity contribution in [3.63, 3.8) is 0 Å². The zero-order valence-electron chi connectivity index (χ0n) is 12.0. The van der Waals surface area contributed by atoms with Gasteiger partial charge in [0.05, 0.1) is 5.60 Å². The van der Waals surface area contributed by atoms with E-state index in [1.165, 1.54) is 12.1 Å². The number of ether oxygens (including phenoxy) is 1. The Bertz CT molecular complexity index is 361. The van der Waals surface area contributed by atoms with Crippen LogP contribution in [0.3, 0.4) is 0 Å². The minimum atomic E-state index is -0.195. The third-order valence-corrected chi connectivity index (χ3v) is 3.25. The fraction of sp³-hybridized carbons (Fsp3) is 0.600. The Balaban J connectivity index is 2.54. The highest BCUT2D eigenvalue weighted by molar-refractivity contribution is 5.19. The lowest BCUT2D eigenvalue weighted by Gasteiger charge is -2.29. The lowest BCUT2D eigenvalue weighted by atomic mass is 9.98. The van der Waals surface area contributed by atoms with Crippen LogP contribution in [0.15, 0.2) is 24.3 Å². The van der Waals surface area contributed by atoms with Gasteiger partial charge in [0.2, 0.25) is 0 Å². The quantitative estimate of drug-likeness (QED) is 0.835. The summed E-state index contributed by atoms with van der Waals surface area (Å²) in [5.41, 5.74) is 0.966. The molecule has 1 N–H and O–H groups in total. The van der Waals surface area contributed by atoms with Gasteiger partial charge in [-0.05, 0) is 51.8 Å². The Morgan fingerprint density at radius 3 is 2.28 bits per heavy atom. The normalized spacial score (nSPS) is 15.4. The second-order valence-corrected chi connectivity index (χ2v) is 5.51. The molecule has 0 bridgehead atoms. The zero-order valence-corrected chi connectivity index (χ0v) is 12.0. The SMILES string of the molecule is COC(C)(C)CC(C)N[C@@H](C)c1ccc(F)cc1. The highest BCUT2D eigenvalue weighted by Gasteiger charge is 2.21. The Labute approximate surface area is 110 Å². The summed E-state index contributed by atoms with van der Waals surface area (Å²) in [7, 11) is 1.73. The summed E-state index contributed by atoms with van der Waals surface area (Å²) in [6.07, 6.45) is 0.926. The van der Waals surface area contributed by atoms with Crippen molar-refractivity contribution in [2.75, 3.05) is 7.11 Å². The Hall–Kier alpha value is -0.930. The van der Waals surface area contributed by atoms with Gasteiger partial charge in [-0.2, -0.15) is 0 Å². The summed E-state index contributed by atoms with van der Waals surface area (Å²) < 4.78 is 18.3. The fourth-order valence-corrected chi connectivity index (χ4v) is 2.15. The van der Waals surface area contributed by atoms with Gasteiger partial charge in [-0.15, -0.1) is 0 Å². The standard InChI is InChI=1S/C15H24FNO/c1-11(10-15(3,4)18-5)17-12(2)13-6-8-14(16)9-7-13/h6-9,11-12,17H,10H2,1-5H3/t11?,12-/m0/s1. The Morgan fingerprint density at radius 2 is 1.78 bits per heavy atom. The fourth-order valence-electron chi connectivity index (χ4n) is 2.15. The molecule has 2 atom stereocenters. The van der Waals surface area contributed by atoms with Crippen LogP contribution in [0, 0.1) is 5.82 Å². The monoisotopic (exact) mass is 253 g/mol. The third-order valence-electron chi connectivity index (χ3n) is 3.25. The molecule has 1 aromatic carbocycles. The first-order chi connectivity index (χ1) is 8.34. The van der Waals surface area contributed by atoms with Crippen LogP contribution in [0.5, 0.6) is 0 Å². The van der Waals surface area contributed by atoms with E-state index in [4.69, 9.17) is 4.74 Å². The van der Waals surface area contributed by atoms with Crippen LogP contribution < -0.4 is 5.32 Å². The Kier molecular flexibility index (Phi) is 5.29. The maximum atomic E-state index is 12.8. The van der Waals surface area contributed by atoms with Crippen molar-refractivity contribution in [3.8, 4) is 0 Å². The van der Waals surface area contributed by atoms with Crippen LogP contribution in [0.2, 0.25) is 0 Å². The van der Waals surface area contributed by atoms with Crippen molar-refractivity contribution < 1.29 is 9.13 Å². The summed E-state index contributed by atoms with van der Waals surface area (Å²) >= 11 is 0. The first-order valence-corrected chi connectivity index (χ1v) is 6.41. The van der Waals surface area contributed by atoms with Crippen LogP contribution in [-0.2, 0) is 4.74 Å². The number of halogens is 1. The van der Waals surface area contributed by atoms with E-state index in [0.717, 1.165) is 12.0 Å². The van der Waals surface area contributed by atoms with Gasteiger partial charge < -0.3 is 10.1 Å². The maximum Gasteiger partial charge on any atom is 0.123 e. The first kappa shape index (κ1) is 15.1. The molecule has 0 heterocycles. The van der Waals surface area contributed by atoms with Crippen LogP contribution in [0.1, 0.15) is 45.7 Å². The molecular weight excluding hydrogens is 229 g/mol. The van der Waals surface area contributed by atoms with Crippen molar-refractivity contribution in [3.05, 3.63) is 35.6 Å². The van der Waals surface area contributed by atoms with Crippen molar-refractivity contribution in [2.45, 2.75) is 51.8 Å². The second-order valence-electron chi connectivity index (χ2n) is 5.51. The average molecular weight is 253 g/mol. The zero-order chi connectivity index (χ0) is 13.8. The molecule has 18 heavy (non-hydrogen) atoms. The molecule has 0 radical (unpaired) electrons. The van der Waals surface area contributed by atoms with E-state index in [-0.39, 0.29) is 17.5 Å². The maximum absolute atomic E-state index is 12.8. The predicted octanol–water partition coefficient (Wildman–Crippen LogP) is 3.68. The van der Waals surface area contributed by atoms with Crippen molar-refractivity contribution >= 4 is 0 Å². The smallest absolute Gasteiger partial charge is 0.123 e. The molecule has 0 saturated heterocycles. The molecule has 1 rings (SSSR count). The van der Waals surface area contributed by atoms with Crippen molar-refractivity contribution in [1.29, 1.82) is 0 Å². The molecule has 0 aliphatic rings. The van der Waals surface area contributed by atoms with Crippen molar-refractivity contribution in [2.24, 2.45) is 0 Å². The number of rotatable bonds is 6. The molecule has 0 aliphatic heterocycles. The lowest BCUT2D eigenvalue weighted by Crippen LogP contribution is -2.36. The van der Waals surface area contributed by atoms with E-state index in [9.17, 15) is 4.39 Å². The molecule has 0 saturated carbocycles. The highest BCUT2D eigenvalue weighted by Crippen LogP contribution is 2.19. The largest absolute Gasteiger partial charge is 0.379 e. The van der Waals surface area contributed by atoms with Gasteiger partial charge in [-0.1, -0.05) is 12.1 Å². The van der Waals surface area contributed by atoms with Gasteiger partial charge in [-0.3, -0.25) is 0 Å². The van der Waals surface area contributed by atoms with Gasteiger partial charge >= 0.3 is 0 Å². The van der Waals surface area contributed by atoms with Gasteiger partial charge in [0.15, 0.2) is 0 Å². The van der Waals surface area contributed by atoms with E-state index < -0.39 is 0 Å². The molecule has 2 nitrogen and oxygen atoms in total. The van der Waals surface area contributed by atoms with E-state index in [1.807, 2.05) is 12.1 Å². The van der Waals surface area contributed by atoms with Gasteiger partial charge in [-0.25, -0.2) is 4.39 Å². The molecule has 0 fully saturated rings. The van der Waals surface area contributed by atoms with Crippen LogP contribution in [0.4, 0.5) is 4.39 Å². The average Bonchev–Trinajstić information content (AvgIpc) is 2.29. The predicted molar refractivity (Wildman–Crippen MR) is 73.1 cm³/mol. The first-order valence-electron chi connectivity index (χ1n) is 6.41. The van der Waals surface area contributed by atoms with Crippen LogP contribution in [-0.4, -0.2) is 18.8 Å². The molecule has 1 unspecified atom stereocenters. The van der Waals surface area contributed by atoms with Gasteiger partial charge in [0.1, 0.15) is 5.82 Å².